The van der Waals surface area contributed by atoms with E-state index in [9.17, 15) is 4.79 Å². The number of carbonyl (C=O) groups is 1. The Labute approximate surface area is 111 Å². The monoisotopic (exact) mass is 256 g/mol. The molecule has 98 valence electrons. The predicted molar refractivity (Wildman–Crippen MR) is 73.7 cm³/mol. The van der Waals surface area contributed by atoms with Crippen LogP contribution in [0.5, 0.6) is 0 Å². The minimum atomic E-state index is 0.137. The van der Waals surface area contributed by atoms with Crippen molar-refractivity contribution in [3.8, 4) is 0 Å². The Morgan fingerprint density at radius 2 is 1.95 bits per heavy atom. The maximum atomic E-state index is 11.6. The molecule has 1 aliphatic rings. The molecule has 1 aliphatic carbocycles. The van der Waals surface area contributed by atoms with Crippen LogP contribution in [0.1, 0.15) is 18.5 Å². The molecule has 0 radical (unpaired) electrons. The number of H-pyrrole nitrogens is 1. The first kappa shape index (κ1) is 11.8. The van der Waals surface area contributed by atoms with Crippen molar-refractivity contribution in [1.82, 2.24) is 10.2 Å². The average molecular weight is 256 g/mol. The molecule has 1 aromatic heterocycles. The summed E-state index contributed by atoms with van der Waals surface area (Å²) >= 11 is 0. The van der Waals surface area contributed by atoms with Crippen LogP contribution in [-0.2, 0) is 11.3 Å². The largest absolute Gasteiger partial charge is 0.379 e. The summed E-state index contributed by atoms with van der Waals surface area (Å²) in [7, 11) is 0. The minimum absolute atomic E-state index is 0.137. The Bertz CT molecular complexity index is 543. The molecule has 19 heavy (non-hydrogen) atoms. The summed E-state index contributed by atoms with van der Waals surface area (Å²) < 4.78 is 0. The van der Waals surface area contributed by atoms with E-state index >= 15 is 0 Å². The molecule has 3 N–H and O–H groups in total. The van der Waals surface area contributed by atoms with E-state index in [1.807, 2.05) is 30.3 Å². The third-order valence-corrected chi connectivity index (χ3v) is 3.14. The lowest BCUT2D eigenvalue weighted by atomic mass is 10.2. The first-order chi connectivity index (χ1) is 9.31. The molecule has 0 saturated heterocycles. The van der Waals surface area contributed by atoms with Gasteiger partial charge in [-0.2, -0.15) is 5.10 Å². The quantitative estimate of drug-likeness (QED) is 0.769. The SMILES string of the molecule is O=C(Nc1ccc(NCc2ccn[nH]2)cc1)C1CC1. The topological polar surface area (TPSA) is 69.8 Å². The van der Waals surface area contributed by atoms with Crippen LogP contribution in [0.3, 0.4) is 0 Å². The molecule has 1 fully saturated rings. The summed E-state index contributed by atoms with van der Waals surface area (Å²) in [4.78, 5) is 11.6. The number of hydrogen-bond acceptors (Lipinski definition) is 3. The van der Waals surface area contributed by atoms with E-state index in [1.165, 1.54) is 0 Å². The summed E-state index contributed by atoms with van der Waals surface area (Å²) in [5, 5.41) is 13.0. The zero-order chi connectivity index (χ0) is 13.1. The molecule has 0 unspecified atom stereocenters. The van der Waals surface area contributed by atoms with Crippen LogP contribution in [0, 0.1) is 5.92 Å². The number of anilines is 2. The summed E-state index contributed by atoms with van der Waals surface area (Å²) in [6, 6.07) is 9.67. The molecule has 1 amide bonds. The molecule has 1 saturated carbocycles. The van der Waals surface area contributed by atoms with E-state index < -0.39 is 0 Å². The molecule has 5 nitrogen and oxygen atoms in total. The van der Waals surface area contributed by atoms with Gasteiger partial charge in [0.1, 0.15) is 0 Å². The summed E-state index contributed by atoms with van der Waals surface area (Å²) in [6.45, 7) is 0.702. The van der Waals surface area contributed by atoms with Crippen LogP contribution in [-0.4, -0.2) is 16.1 Å². The molecule has 0 spiro atoms. The Morgan fingerprint density at radius 1 is 1.21 bits per heavy atom. The molecule has 0 atom stereocenters. The number of carbonyl (C=O) groups excluding carboxylic acids is 1. The van der Waals surface area contributed by atoms with Crippen molar-refractivity contribution in [3.63, 3.8) is 0 Å². The van der Waals surface area contributed by atoms with Crippen LogP contribution in [0.4, 0.5) is 11.4 Å². The van der Waals surface area contributed by atoms with Crippen LogP contribution in [0.25, 0.3) is 0 Å². The van der Waals surface area contributed by atoms with Crippen molar-refractivity contribution < 1.29 is 4.79 Å². The van der Waals surface area contributed by atoms with Gasteiger partial charge in [0.25, 0.3) is 0 Å². The summed E-state index contributed by atoms with van der Waals surface area (Å²) in [5.41, 5.74) is 2.90. The van der Waals surface area contributed by atoms with Crippen molar-refractivity contribution in [1.29, 1.82) is 0 Å². The first-order valence-electron chi connectivity index (χ1n) is 6.44. The zero-order valence-corrected chi connectivity index (χ0v) is 10.5. The van der Waals surface area contributed by atoms with Gasteiger partial charge in [0.15, 0.2) is 0 Å². The van der Waals surface area contributed by atoms with Crippen molar-refractivity contribution in [3.05, 3.63) is 42.2 Å². The van der Waals surface area contributed by atoms with E-state index in [4.69, 9.17) is 0 Å². The van der Waals surface area contributed by atoms with Gasteiger partial charge in [-0.05, 0) is 43.2 Å². The summed E-state index contributed by atoms with van der Waals surface area (Å²) in [5.74, 6) is 0.372. The highest BCUT2D eigenvalue weighted by Crippen LogP contribution is 2.30. The Balaban J connectivity index is 1.54. The van der Waals surface area contributed by atoms with E-state index in [1.54, 1.807) is 6.20 Å². The number of amides is 1. The van der Waals surface area contributed by atoms with Crippen LogP contribution in [0.2, 0.25) is 0 Å². The lowest BCUT2D eigenvalue weighted by Gasteiger charge is -2.07. The number of nitrogens with zero attached hydrogens (tertiary/aromatic N) is 1. The second kappa shape index (κ2) is 5.14. The molecule has 3 rings (SSSR count). The lowest BCUT2D eigenvalue weighted by molar-refractivity contribution is -0.117. The normalized spacial score (nSPS) is 14.1. The van der Waals surface area contributed by atoms with E-state index in [0.717, 1.165) is 29.9 Å². The van der Waals surface area contributed by atoms with Crippen molar-refractivity contribution in [2.45, 2.75) is 19.4 Å². The van der Waals surface area contributed by atoms with Crippen molar-refractivity contribution in [2.75, 3.05) is 10.6 Å². The van der Waals surface area contributed by atoms with Crippen molar-refractivity contribution >= 4 is 17.3 Å². The van der Waals surface area contributed by atoms with Gasteiger partial charge in [0, 0.05) is 23.5 Å². The Kier molecular flexibility index (Phi) is 3.18. The van der Waals surface area contributed by atoms with Crippen LogP contribution >= 0.6 is 0 Å². The number of aromatic nitrogens is 2. The fraction of sp³-hybridized carbons (Fsp3) is 0.286. The van der Waals surface area contributed by atoms with E-state index in [2.05, 4.69) is 20.8 Å². The van der Waals surface area contributed by atoms with Crippen LogP contribution in [0.15, 0.2) is 36.5 Å². The zero-order valence-electron chi connectivity index (χ0n) is 10.5. The third kappa shape index (κ3) is 3.13. The van der Waals surface area contributed by atoms with E-state index in [-0.39, 0.29) is 11.8 Å². The second-order valence-corrected chi connectivity index (χ2v) is 4.78. The number of nitrogens with one attached hydrogen (secondary N) is 3. The molecule has 1 heterocycles. The fourth-order valence-corrected chi connectivity index (χ4v) is 1.84. The Hall–Kier alpha value is -2.30. The smallest absolute Gasteiger partial charge is 0.227 e. The highest BCUT2D eigenvalue weighted by atomic mass is 16.2. The minimum Gasteiger partial charge on any atom is -0.379 e. The second-order valence-electron chi connectivity index (χ2n) is 4.78. The molecule has 0 bridgehead atoms. The number of hydrogen-bond donors (Lipinski definition) is 3. The van der Waals surface area contributed by atoms with Gasteiger partial charge in [-0.3, -0.25) is 9.89 Å². The fourth-order valence-electron chi connectivity index (χ4n) is 1.84. The lowest BCUT2D eigenvalue weighted by Crippen LogP contribution is -2.13. The van der Waals surface area contributed by atoms with Gasteiger partial charge >= 0.3 is 0 Å². The molecule has 1 aromatic carbocycles. The molecule has 0 aliphatic heterocycles. The molecule has 5 heteroatoms. The molecular formula is C14H16N4O. The van der Waals surface area contributed by atoms with Gasteiger partial charge in [0.2, 0.25) is 5.91 Å². The maximum absolute atomic E-state index is 11.6. The van der Waals surface area contributed by atoms with E-state index in [0.29, 0.717) is 6.54 Å². The number of rotatable bonds is 5. The average Bonchev–Trinajstić information content (AvgIpc) is 3.16. The molecule has 2 aromatic rings. The van der Waals surface area contributed by atoms with Gasteiger partial charge in [-0.25, -0.2) is 0 Å². The van der Waals surface area contributed by atoms with Gasteiger partial charge in [-0.15, -0.1) is 0 Å². The Morgan fingerprint density at radius 3 is 2.58 bits per heavy atom. The number of benzene rings is 1. The van der Waals surface area contributed by atoms with Crippen molar-refractivity contribution in [2.24, 2.45) is 5.92 Å². The van der Waals surface area contributed by atoms with Gasteiger partial charge in [-0.1, -0.05) is 0 Å². The third-order valence-electron chi connectivity index (χ3n) is 3.14. The van der Waals surface area contributed by atoms with Gasteiger partial charge in [0.05, 0.1) is 12.2 Å². The maximum Gasteiger partial charge on any atom is 0.227 e. The highest BCUT2D eigenvalue weighted by molar-refractivity contribution is 5.94. The number of aromatic amines is 1. The standard InChI is InChI=1S/C14H16N4O/c19-14(10-1-2-10)17-12-5-3-11(4-6-12)15-9-13-7-8-16-18-13/h3-8,10,15H,1-2,9H2,(H,16,18)(H,17,19). The summed E-state index contributed by atoms with van der Waals surface area (Å²) in [6.07, 6.45) is 3.78. The van der Waals surface area contributed by atoms with Crippen LogP contribution < -0.4 is 10.6 Å². The van der Waals surface area contributed by atoms with Gasteiger partial charge < -0.3 is 10.6 Å². The highest BCUT2D eigenvalue weighted by Gasteiger charge is 2.29. The predicted octanol–water partition coefficient (Wildman–Crippen LogP) is 2.37. The first-order valence-corrected chi connectivity index (χ1v) is 6.44. The molecular weight excluding hydrogens is 240 g/mol.